The number of carbonyl (C=O) groups is 2. The quantitative estimate of drug-likeness (QED) is 0.836. The second-order valence-corrected chi connectivity index (χ2v) is 5.13. The number of halogens is 1. The molecule has 0 unspecified atom stereocenters. The standard InChI is InChI=1S/C14H16BrNO3/c1-8(9(2)14(18)19)13(17)16-10(3)11-6-4-5-7-12(11)15/h4-7,10H,1-3H3,(H,16,17)(H,18,19)/b9-8-/t10-/m0/s1. The van der Waals surface area contributed by atoms with Crippen molar-refractivity contribution in [1.29, 1.82) is 0 Å². The van der Waals surface area contributed by atoms with Crippen LogP contribution in [0.25, 0.3) is 0 Å². The lowest BCUT2D eigenvalue weighted by Crippen LogP contribution is -2.28. The number of benzene rings is 1. The summed E-state index contributed by atoms with van der Waals surface area (Å²) in [6.45, 7) is 4.77. The molecule has 19 heavy (non-hydrogen) atoms. The average Bonchev–Trinajstić information content (AvgIpc) is 2.37. The molecule has 0 aliphatic carbocycles. The van der Waals surface area contributed by atoms with Crippen LogP contribution in [0.1, 0.15) is 32.4 Å². The summed E-state index contributed by atoms with van der Waals surface area (Å²) in [5, 5.41) is 11.6. The number of carboxylic acid groups (broad SMARTS) is 1. The maximum Gasteiger partial charge on any atom is 0.331 e. The summed E-state index contributed by atoms with van der Waals surface area (Å²) in [7, 11) is 0. The van der Waals surface area contributed by atoms with Crippen LogP contribution in [0.5, 0.6) is 0 Å². The zero-order valence-corrected chi connectivity index (χ0v) is 12.6. The molecule has 0 aromatic heterocycles. The van der Waals surface area contributed by atoms with Crippen molar-refractivity contribution in [2.75, 3.05) is 0 Å². The van der Waals surface area contributed by atoms with Gasteiger partial charge in [-0.25, -0.2) is 4.79 Å². The Labute approximate surface area is 120 Å². The first-order valence-electron chi connectivity index (χ1n) is 5.80. The summed E-state index contributed by atoms with van der Waals surface area (Å²) >= 11 is 3.42. The van der Waals surface area contributed by atoms with Crippen LogP contribution in [-0.2, 0) is 9.59 Å². The summed E-state index contributed by atoms with van der Waals surface area (Å²) in [4.78, 5) is 22.7. The topological polar surface area (TPSA) is 66.4 Å². The highest BCUT2D eigenvalue weighted by molar-refractivity contribution is 9.10. The molecule has 0 radical (unpaired) electrons. The van der Waals surface area contributed by atoms with Crippen LogP contribution in [0.3, 0.4) is 0 Å². The van der Waals surface area contributed by atoms with Crippen LogP contribution in [0.4, 0.5) is 0 Å². The number of carboxylic acids is 1. The zero-order valence-electron chi connectivity index (χ0n) is 11.0. The molecule has 1 atom stereocenters. The molecule has 0 saturated heterocycles. The van der Waals surface area contributed by atoms with E-state index in [9.17, 15) is 9.59 Å². The first-order valence-corrected chi connectivity index (χ1v) is 6.60. The molecule has 0 fully saturated rings. The smallest absolute Gasteiger partial charge is 0.331 e. The number of aliphatic carboxylic acids is 1. The van der Waals surface area contributed by atoms with Crippen molar-refractivity contribution < 1.29 is 14.7 Å². The lowest BCUT2D eigenvalue weighted by atomic mass is 10.1. The molecule has 0 heterocycles. The minimum Gasteiger partial charge on any atom is -0.478 e. The van der Waals surface area contributed by atoms with E-state index in [-0.39, 0.29) is 23.1 Å². The normalized spacial score (nSPS) is 13.5. The van der Waals surface area contributed by atoms with E-state index in [1.807, 2.05) is 31.2 Å². The van der Waals surface area contributed by atoms with Crippen molar-refractivity contribution in [1.82, 2.24) is 5.32 Å². The SMILES string of the molecule is C/C(C(=O)O)=C(\C)C(=O)N[C@@H](C)c1ccccc1Br. The van der Waals surface area contributed by atoms with Gasteiger partial charge in [-0.2, -0.15) is 0 Å². The van der Waals surface area contributed by atoms with Crippen LogP contribution in [0, 0.1) is 0 Å². The van der Waals surface area contributed by atoms with Crippen LogP contribution in [-0.4, -0.2) is 17.0 Å². The fourth-order valence-electron chi connectivity index (χ4n) is 1.54. The van der Waals surface area contributed by atoms with Gasteiger partial charge in [0.1, 0.15) is 0 Å². The van der Waals surface area contributed by atoms with Gasteiger partial charge in [0.15, 0.2) is 0 Å². The first kappa shape index (κ1) is 15.4. The van der Waals surface area contributed by atoms with E-state index in [0.717, 1.165) is 10.0 Å². The van der Waals surface area contributed by atoms with Gasteiger partial charge in [0.05, 0.1) is 6.04 Å². The second-order valence-electron chi connectivity index (χ2n) is 4.27. The Morgan fingerprint density at radius 2 is 1.79 bits per heavy atom. The summed E-state index contributed by atoms with van der Waals surface area (Å²) in [5.41, 5.74) is 1.21. The monoisotopic (exact) mass is 325 g/mol. The van der Waals surface area contributed by atoms with Gasteiger partial charge in [-0.1, -0.05) is 34.1 Å². The van der Waals surface area contributed by atoms with Gasteiger partial charge in [0.25, 0.3) is 0 Å². The zero-order chi connectivity index (χ0) is 14.6. The Kier molecular flexibility index (Phi) is 5.30. The van der Waals surface area contributed by atoms with Crippen molar-refractivity contribution in [2.24, 2.45) is 0 Å². The van der Waals surface area contributed by atoms with Gasteiger partial charge in [-0.05, 0) is 32.4 Å². The highest BCUT2D eigenvalue weighted by Crippen LogP contribution is 2.23. The maximum absolute atomic E-state index is 11.9. The number of hydrogen-bond donors (Lipinski definition) is 2. The molecule has 0 spiro atoms. The largest absolute Gasteiger partial charge is 0.478 e. The van der Waals surface area contributed by atoms with E-state index in [0.29, 0.717) is 0 Å². The molecule has 5 heteroatoms. The molecule has 1 rings (SSSR count). The van der Waals surface area contributed by atoms with Crippen molar-refractivity contribution in [3.8, 4) is 0 Å². The van der Waals surface area contributed by atoms with Crippen molar-refractivity contribution in [2.45, 2.75) is 26.8 Å². The van der Waals surface area contributed by atoms with Gasteiger partial charge in [-0.3, -0.25) is 4.79 Å². The maximum atomic E-state index is 11.9. The molecule has 1 aromatic carbocycles. The molecule has 1 amide bonds. The summed E-state index contributed by atoms with van der Waals surface area (Å²) in [6.07, 6.45) is 0. The van der Waals surface area contributed by atoms with E-state index < -0.39 is 5.97 Å². The molecule has 0 aliphatic rings. The first-order chi connectivity index (χ1) is 8.84. The van der Waals surface area contributed by atoms with Crippen LogP contribution in [0.15, 0.2) is 39.9 Å². The van der Waals surface area contributed by atoms with Crippen molar-refractivity contribution >= 4 is 27.8 Å². The second kappa shape index (κ2) is 6.52. The Morgan fingerprint density at radius 3 is 2.32 bits per heavy atom. The lowest BCUT2D eigenvalue weighted by molar-refractivity contribution is -0.133. The predicted molar refractivity (Wildman–Crippen MR) is 76.7 cm³/mol. The fraction of sp³-hybridized carbons (Fsp3) is 0.286. The molecule has 2 N–H and O–H groups in total. The molecule has 102 valence electrons. The number of rotatable bonds is 4. The molecular weight excluding hydrogens is 310 g/mol. The highest BCUT2D eigenvalue weighted by atomic mass is 79.9. The van der Waals surface area contributed by atoms with Gasteiger partial charge < -0.3 is 10.4 Å². The molecule has 0 saturated carbocycles. The van der Waals surface area contributed by atoms with Crippen LogP contribution >= 0.6 is 15.9 Å². The molecular formula is C14H16BrNO3. The Morgan fingerprint density at radius 1 is 1.21 bits per heavy atom. The third-order valence-corrected chi connectivity index (χ3v) is 3.67. The van der Waals surface area contributed by atoms with E-state index in [1.54, 1.807) is 0 Å². The van der Waals surface area contributed by atoms with E-state index >= 15 is 0 Å². The van der Waals surface area contributed by atoms with E-state index in [1.165, 1.54) is 13.8 Å². The minimum atomic E-state index is -1.08. The highest BCUT2D eigenvalue weighted by Gasteiger charge is 2.16. The number of carbonyl (C=O) groups excluding carboxylic acids is 1. The molecule has 0 aliphatic heterocycles. The van der Waals surface area contributed by atoms with E-state index in [2.05, 4.69) is 21.2 Å². The van der Waals surface area contributed by atoms with Crippen LogP contribution < -0.4 is 5.32 Å². The third-order valence-electron chi connectivity index (χ3n) is 2.94. The summed E-state index contributed by atoms with van der Waals surface area (Å²) in [6, 6.07) is 7.36. The number of nitrogens with one attached hydrogen (secondary N) is 1. The van der Waals surface area contributed by atoms with Crippen LogP contribution in [0.2, 0.25) is 0 Å². The average molecular weight is 326 g/mol. The Bertz CT molecular complexity index is 537. The summed E-state index contributed by atoms with van der Waals surface area (Å²) in [5.74, 6) is -1.45. The lowest BCUT2D eigenvalue weighted by Gasteiger charge is -2.16. The Hall–Kier alpha value is -1.62. The fourth-order valence-corrected chi connectivity index (χ4v) is 2.17. The van der Waals surface area contributed by atoms with E-state index in [4.69, 9.17) is 5.11 Å². The van der Waals surface area contributed by atoms with Gasteiger partial charge >= 0.3 is 5.97 Å². The minimum absolute atomic E-state index is 0.0526. The number of hydrogen-bond acceptors (Lipinski definition) is 2. The molecule has 4 nitrogen and oxygen atoms in total. The van der Waals surface area contributed by atoms with Crippen molar-refractivity contribution in [3.63, 3.8) is 0 Å². The Balaban J connectivity index is 2.87. The van der Waals surface area contributed by atoms with Gasteiger partial charge in [0.2, 0.25) is 5.91 Å². The molecule has 0 bridgehead atoms. The number of amides is 1. The van der Waals surface area contributed by atoms with Gasteiger partial charge in [-0.15, -0.1) is 0 Å². The van der Waals surface area contributed by atoms with Gasteiger partial charge in [0, 0.05) is 15.6 Å². The molecule has 1 aromatic rings. The third kappa shape index (κ3) is 3.92. The summed E-state index contributed by atoms with van der Waals surface area (Å²) < 4.78 is 0.902. The predicted octanol–water partition coefficient (Wildman–Crippen LogP) is 3.05. The van der Waals surface area contributed by atoms with Crippen molar-refractivity contribution in [3.05, 3.63) is 45.4 Å².